The lowest BCUT2D eigenvalue weighted by Crippen LogP contribution is -2.51. The van der Waals surface area contributed by atoms with E-state index in [9.17, 15) is 9.59 Å². The molecule has 0 spiro atoms. The van der Waals surface area contributed by atoms with Crippen LogP contribution in [0.15, 0.2) is 24.3 Å². The van der Waals surface area contributed by atoms with E-state index in [1.165, 1.54) is 4.90 Å². The molecule has 6 heteroatoms. The zero-order valence-electron chi connectivity index (χ0n) is 13.3. The number of carbonyl (C=O) groups is 2. The summed E-state index contributed by atoms with van der Waals surface area (Å²) >= 11 is 0. The van der Waals surface area contributed by atoms with Crippen LogP contribution >= 0.6 is 0 Å². The molecule has 1 aromatic carbocycles. The monoisotopic (exact) mass is 305 g/mol. The summed E-state index contributed by atoms with van der Waals surface area (Å²) in [5.74, 6) is -0.148. The first kappa shape index (κ1) is 16.5. The normalized spacial score (nSPS) is 18.8. The highest BCUT2D eigenvalue weighted by Crippen LogP contribution is 2.10. The molecule has 6 nitrogen and oxygen atoms in total. The van der Waals surface area contributed by atoms with Gasteiger partial charge in [-0.1, -0.05) is 17.7 Å². The van der Waals surface area contributed by atoms with E-state index >= 15 is 0 Å². The third-order valence-electron chi connectivity index (χ3n) is 3.57. The maximum absolute atomic E-state index is 12.1. The molecule has 0 saturated carbocycles. The van der Waals surface area contributed by atoms with Crippen molar-refractivity contribution in [2.45, 2.75) is 13.0 Å². The standard InChI is InChI=1S/C16H23N3O3/c1-12-4-6-13(7-5-12)17-15(20)11-19-8-9-22-14(10-19)16(21)18(2)3/h4-7,14H,8-11H2,1-3H3,(H,17,20). The molecule has 2 amide bonds. The van der Waals surface area contributed by atoms with Gasteiger partial charge in [0.05, 0.1) is 13.2 Å². The molecule has 2 rings (SSSR count). The topological polar surface area (TPSA) is 61.9 Å². The molecular weight excluding hydrogens is 282 g/mol. The number of ether oxygens (including phenoxy) is 1. The Kier molecular flexibility index (Phi) is 5.51. The van der Waals surface area contributed by atoms with Gasteiger partial charge in [0.1, 0.15) is 6.10 Å². The lowest BCUT2D eigenvalue weighted by molar-refractivity contribution is -0.147. The molecule has 1 heterocycles. The van der Waals surface area contributed by atoms with Crippen molar-refractivity contribution in [1.29, 1.82) is 0 Å². The van der Waals surface area contributed by atoms with Gasteiger partial charge >= 0.3 is 0 Å². The number of nitrogens with one attached hydrogen (secondary N) is 1. The van der Waals surface area contributed by atoms with Crippen LogP contribution in [0.3, 0.4) is 0 Å². The molecule has 0 aliphatic carbocycles. The van der Waals surface area contributed by atoms with E-state index in [-0.39, 0.29) is 18.4 Å². The van der Waals surface area contributed by atoms with Crippen LogP contribution < -0.4 is 5.32 Å². The van der Waals surface area contributed by atoms with Crippen LogP contribution in [0, 0.1) is 6.92 Å². The molecular formula is C16H23N3O3. The van der Waals surface area contributed by atoms with E-state index in [1.807, 2.05) is 36.1 Å². The van der Waals surface area contributed by atoms with Gasteiger partial charge < -0.3 is 15.0 Å². The fourth-order valence-corrected chi connectivity index (χ4v) is 2.32. The Morgan fingerprint density at radius 2 is 2.00 bits per heavy atom. The molecule has 1 aromatic rings. The third kappa shape index (κ3) is 4.54. The first-order valence-corrected chi connectivity index (χ1v) is 7.37. The summed E-state index contributed by atoms with van der Waals surface area (Å²) in [6.45, 7) is 3.81. The third-order valence-corrected chi connectivity index (χ3v) is 3.57. The van der Waals surface area contributed by atoms with Gasteiger partial charge in [-0.15, -0.1) is 0 Å². The minimum atomic E-state index is -0.490. The van der Waals surface area contributed by atoms with E-state index in [0.29, 0.717) is 19.7 Å². The minimum absolute atomic E-state index is 0.0661. The number of likely N-dealkylation sites (N-methyl/N-ethyl adjacent to an activating group) is 1. The number of amides is 2. The van der Waals surface area contributed by atoms with Gasteiger partial charge in [0.15, 0.2) is 0 Å². The number of nitrogens with zero attached hydrogens (tertiary/aromatic N) is 2. The average Bonchev–Trinajstić information content (AvgIpc) is 2.49. The van der Waals surface area contributed by atoms with E-state index in [4.69, 9.17) is 4.74 Å². The largest absolute Gasteiger partial charge is 0.366 e. The number of carbonyl (C=O) groups excluding carboxylic acids is 2. The Hall–Kier alpha value is -1.92. The Morgan fingerprint density at radius 1 is 1.32 bits per heavy atom. The van der Waals surface area contributed by atoms with E-state index < -0.39 is 6.10 Å². The van der Waals surface area contributed by atoms with Gasteiger partial charge in [0.25, 0.3) is 5.91 Å². The number of hydrogen-bond acceptors (Lipinski definition) is 4. The van der Waals surface area contributed by atoms with Crippen LogP contribution in [0.1, 0.15) is 5.56 Å². The number of benzene rings is 1. The highest BCUT2D eigenvalue weighted by Gasteiger charge is 2.28. The highest BCUT2D eigenvalue weighted by molar-refractivity contribution is 5.92. The molecule has 1 aliphatic heterocycles. The number of aryl methyl sites for hydroxylation is 1. The number of hydrogen-bond donors (Lipinski definition) is 1. The van der Waals surface area contributed by atoms with Crippen LogP contribution in [-0.2, 0) is 14.3 Å². The van der Waals surface area contributed by atoms with E-state index in [0.717, 1.165) is 11.3 Å². The Labute approximate surface area is 131 Å². The molecule has 0 aromatic heterocycles. The zero-order valence-corrected chi connectivity index (χ0v) is 13.3. The predicted molar refractivity (Wildman–Crippen MR) is 84.7 cm³/mol. The van der Waals surface area contributed by atoms with Crippen LogP contribution in [-0.4, -0.2) is 68.1 Å². The second-order valence-corrected chi connectivity index (χ2v) is 5.74. The van der Waals surface area contributed by atoms with E-state index in [1.54, 1.807) is 14.1 Å². The molecule has 22 heavy (non-hydrogen) atoms. The van der Waals surface area contributed by atoms with Crippen molar-refractivity contribution < 1.29 is 14.3 Å². The fourth-order valence-electron chi connectivity index (χ4n) is 2.32. The van der Waals surface area contributed by atoms with Crippen molar-refractivity contribution in [2.75, 3.05) is 45.7 Å². The Balaban J connectivity index is 1.85. The quantitative estimate of drug-likeness (QED) is 0.890. The smallest absolute Gasteiger partial charge is 0.252 e. The predicted octanol–water partition coefficient (Wildman–Crippen LogP) is 0.723. The second-order valence-electron chi connectivity index (χ2n) is 5.74. The SMILES string of the molecule is Cc1ccc(NC(=O)CN2CCOC(C(=O)N(C)C)C2)cc1. The van der Waals surface area contributed by atoms with E-state index in [2.05, 4.69) is 5.32 Å². The molecule has 1 aliphatic rings. The number of morpholine rings is 1. The molecule has 1 N–H and O–H groups in total. The molecule has 0 radical (unpaired) electrons. The first-order chi connectivity index (χ1) is 10.5. The summed E-state index contributed by atoms with van der Waals surface area (Å²) in [6.07, 6.45) is -0.490. The molecule has 1 unspecified atom stereocenters. The Bertz CT molecular complexity index is 528. The first-order valence-electron chi connectivity index (χ1n) is 7.37. The minimum Gasteiger partial charge on any atom is -0.366 e. The summed E-state index contributed by atoms with van der Waals surface area (Å²) in [5, 5.41) is 2.87. The van der Waals surface area contributed by atoms with Gasteiger partial charge in [-0.3, -0.25) is 14.5 Å². The lowest BCUT2D eigenvalue weighted by atomic mass is 10.2. The van der Waals surface area contributed by atoms with Crippen LogP contribution in [0.2, 0.25) is 0 Å². The maximum atomic E-state index is 12.1. The highest BCUT2D eigenvalue weighted by atomic mass is 16.5. The van der Waals surface area contributed by atoms with Crippen LogP contribution in [0.4, 0.5) is 5.69 Å². The molecule has 120 valence electrons. The van der Waals surface area contributed by atoms with Gasteiger partial charge in [-0.2, -0.15) is 0 Å². The lowest BCUT2D eigenvalue weighted by Gasteiger charge is -2.32. The Morgan fingerprint density at radius 3 is 2.64 bits per heavy atom. The van der Waals surface area contributed by atoms with Crippen molar-refractivity contribution in [3.05, 3.63) is 29.8 Å². The molecule has 1 fully saturated rings. The summed E-state index contributed by atoms with van der Waals surface area (Å²) < 4.78 is 5.48. The maximum Gasteiger partial charge on any atom is 0.252 e. The number of rotatable bonds is 4. The summed E-state index contributed by atoms with van der Waals surface area (Å²) in [5.41, 5.74) is 1.93. The van der Waals surface area contributed by atoms with Crippen molar-refractivity contribution in [2.24, 2.45) is 0 Å². The van der Waals surface area contributed by atoms with Crippen molar-refractivity contribution in [1.82, 2.24) is 9.80 Å². The number of anilines is 1. The average molecular weight is 305 g/mol. The molecule has 1 atom stereocenters. The zero-order chi connectivity index (χ0) is 16.1. The summed E-state index contributed by atoms with van der Waals surface area (Å²) in [6, 6.07) is 7.67. The van der Waals surface area contributed by atoms with Crippen molar-refractivity contribution in [3.8, 4) is 0 Å². The van der Waals surface area contributed by atoms with Gasteiger partial charge in [-0.25, -0.2) is 0 Å². The van der Waals surface area contributed by atoms with Gasteiger partial charge in [0, 0.05) is 32.9 Å². The van der Waals surface area contributed by atoms with Gasteiger partial charge in [0.2, 0.25) is 5.91 Å². The van der Waals surface area contributed by atoms with Crippen molar-refractivity contribution in [3.63, 3.8) is 0 Å². The van der Waals surface area contributed by atoms with Crippen LogP contribution in [0.25, 0.3) is 0 Å². The van der Waals surface area contributed by atoms with Gasteiger partial charge in [-0.05, 0) is 19.1 Å². The fraction of sp³-hybridized carbons (Fsp3) is 0.500. The van der Waals surface area contributed by atoms with Crippen LogP contribution in [0.5, 0.6) is 0 Å². The second kappa shape index (κ2) is 7.38. The summed E-state index contributed by atoms with van der Waals surface area (Å²) in [4.78, 5) is 27.5. The molecule has 0 bridgehead atoms. The molecule has 1 saturated heterocycles. The van der Waals surface area contributed by atoms with Crippen molar-refractivity contribution >= 4 is 17.5 Å². The summed E-state index contributed by atoms with van der Waals surface area (Å²) in [7, 11) is 3.41.